The molecule has 22 heavy (non-hydrogen) atoms. The van der Waals surface area contributed by atoms with Crippen molar-refractivity contribution in [3.8, 4) is 0 Å². The van der Waals surface area contributed by atoms with Gasteiger partial charge in [-0.05, 0) is 33.6 Å². The highest BCUT2D eigenvalue weighted by atomic mass is 32.2. The molecule has 0 aliphatic carbocycles. The lowest BCUT2D eigenvalue weighted by molar-refractivity contribution is 0.182. The van der Waals surface area contributed by atoms with Gasteiger partial charge in [0.25, 0.3) is 0 Å². The summed E-state index contributed by atoms with van der Waals surface area (Å²) in [5.74, 6) is 0.813. The zero-order chi connectivity index (χ0) is 16.3. The number of aryl methyl sites for hydroxylation is 1. The average molecular weight is 327 g/mol. The molecule has 0 aromatic carbocycles. The van der Waals surface area contributed by atoms with Gasteiger partial charge in [-0.25, -0.2) is 22.7 Å². The standard InChI is InChI=1S/C15H25N3O3S/c1-11(2)22(19,20)18-7-5-6-13(9-18)15-14(10-21-4)8-16-12(3)17-15/h8,11,13H,5-7,9-10H2,1-4H3. The SMILES string of the molecule is COCc1cnc(C)nc1C1CCCN(S(=O)(=O)C(C)C)C1. The van der Waals surface area contributed by atoms with Crippen LogP contribution in [0.1, 0.15) is 49.7 Å². The van der Waals surface area contributed by atoms with Crippen molar-refractivity contribution in [2.45, 2.75) is 51.4 Å². The summed E-state index contributed by atoms with van der Waals surface area (Å²) < 4.78 is 31.6. The fourth-order valence-electron chi connectivity index (χ4n) is 2.83. The van der Waals surface area contributed by atoms with Crippen LogP contribution in [0.5, 0.6) is 0 Å². The molecule has 7 heteroatoms. The van der Waals surface area contributed by atoms with Crippen molar-refractivity contribution in [3.63, 3.8) is 0 Å². The van der Waals surface area contributed by atoms with E-state index >= 15 is 0 Å². The van der Waals surface area contributed by atoms with Crippen LogP contribution in [0.25, 0.3) is 0 Å². The van der Waals surface area contributed by atoms with Crippen molar-refractivity contribution in [1.29, 1.82) is 0 Å². The Balaban J connectivity index is 2.28. The maximum atomic E-state index is 12.4. The van der Waals surface area contributed by atoms with Gasteiger partial charge in [0.05, 0.1) is 17.6 Å². The highest BCUT2D eigenvalue weighted by Crippen LogP contribution is 2.30. The molecule has 1 aliphatic heterocycles. The van der Waals surface area contributed by atoms with E-state index < -0.39 is 15.3 Å². The summed E-state index contributed by atoms with van der Waals surface area (Å²) in [5, 5.41) is -0.392. The van der Waals surface area contributed by atoms with Gasteiger partial charge in [0.15, 0.2) is 0 Å². The molecular formula is C15H25N3O3S. The number of hydrogen-bond acceptors (Lipinski definition) is 5. The highest BCUT2D eigenvalue weighted by molar-refractivity contribution is 7.89. The molecular weight excluding hydrogens is 302 g/mol. The van der Waals surface area contributed by atoms with Gasteiger partial charge in [0.2, 0.25) is 10.0 Å². The Kier molecular flexibility index (Phi) is 5.52. The fraction of sp³-hybridized carbons (Fsp3) is 0.733. The number of methoxy groups -OCH3 is 1. The Bertz CT molecular complexity index is 616. The van der Waals surface area contributed by atoms with Crippen molar-refractivity contribution in [2.24, 2.45) is 0 Å². The smallest absolute Gasteiger partial charge is 0.216 e. The van der Waals surface area contributed by atoms with Gasteiger partial charge in [-0.1, -0.05) is 0 Å². The number of aromatic nitrogens is 2. The summed E-state index contributed by atoms with van der Waals surface area (Å²) in [6.45, 7) is 6.84. The summed E-state index contributed by atoms with van der Waals surface area (Å²) in [4.78, 5) is 8.79. The third-order valence-electron chi connectivity index (χ3n) is 4.04. The minimum atomic E-state index is -3.22. The van der Waals surface area contributed by atoms with E-state index in [1.165, 1.54) is 0 Å². The topological polar surface area (TPSA) is 72.4 Å². The summed E-state index contributed by atoms with van der Waals surface area (Å²) in [6, 6.07) is 0. The first kappa shape index (κ1) is 17.3. The number of nitrogens with zero attached hydrogens (tertiary/aromatic N) is 3. The van der Waals surface area contributed by atoms with Crippen LogP contribution in [-0.2, 0) is 21.4 Å². The van der Waals surface area contributed by atoms with Gasteiger partial charge in [-0.3, -0.25) is 0 Å². The van der Waals surface area contributed by atoms with E-state index in [-0.39, 0.29) is 5.92 Å². The van der Waals surface area contributed by atoms with Crippen molar-refractivity contribution in [1.82, 2.24) is 14.3 Å². The molecule has 1 aromatic heterocycles. The van der Waals surface area contributed by atoms with Crippen LogP contribution in [0, 0.1) is 6.92 Å². The molecule has 1 aliphatic rings. The molecule has 0 saturated carbocycles. The lowest BCUT2D eigenvalue weighted by atomic mass is 9.93. The Morgan fingerprint density at radius 2 is 2.18 bits per heavy atom. The fourth-order valence-corrected chi connectivity index (χ4v) is 4.20. The first-order valence-corrected chi connectivity index (χ1v) is 9.17. The highest BCUT2D eigenvalue weighted by Gasteiger charge is 2.33. The molecule has 0 N–H and O–H groups in total. The van der Waals surface area contributed by atoms with E-state index in [0.29, 0.717) is 25.5 Å². The summed E-state index contributed by atoms with van der Waals surface area (Å²) in [6.07, 6.45) is 3.58. The zero-order valence-electron chi connectivity index (χ0n) is 13.7. The van der Waals surface area contributed by atoms with Gasteiger partial charge >= 0.3 is 0 Å². The largest absolute Gasteiger partial charge is 0.380 e. The minimum Gasteiger partial charge on any atom is -0.380 e. The third kappa shape index (κ3) is 3.64. The first-order valence-electron chi connectivity index (χ1n) is 7.66. The van der Waals surface area contributed by atoms with Crippen LogP contribution in [-0.4, -0.2) is 48.1 Å². The van der Waals surface area contributed by atoms with E-state index in [1.807, 2.05) is 6.92 Å². The first-order chi connectivity index (χ1) is 10.4. The predicted molar refractivity (Wildman–Crippen MR) is 85.1 cm³/mol. The van der Waals surface area contributed by atoms with E-state index in [0.717, 1.165) is 24.1 Å². The number of piperidine rings is 1. The summed E-state index contributed by atoms with van der Waals surface area (Å²) in [7, 11) is -1.58. The second kappa shape index (κ2) is 7.02. The Hall–Kier alpha value is -1.05. The van der Waals surface area contributed by atoms with Gasteiger partial charge in [0.1, 0.15) is 5.82 Å². The van der Waals surface area contributed by atoms with Crippen LogP contribution in [0.15, 0.2) is 6.20 Å². The second-order valence-electron chi connectivity index (χ2n) is 6.05. The molecule has 0 spiro atoms. The van der Waals surface area contributed by atoms with Crippen LogP contribution < -0.4 is 0 Å². The Labute approximate surface area is 133 Å². The maximum absolute atomic E-state index is 12.4. The molecule has 2 rings (SSSR count). The van der Waals surface area contributed by atoms with Gasteiger partial charge in [0, 0.05) is 37.9 Å². The van der Waals surface area contributed by atoms with Crippen LogP contribution in [0.2, 0.25) is 0 Å². The molecule has 2 heterocycles. The molecule has 0 amide bonds. The summed E-state index contributed by atoms with van der Waals surface area (Å²) >= 11 is 0. The van der Waals surface area contributed by atoms with E-state index in [9.17, 15) is 8.42 Å². The van der Waals surface area contributed by atoms with Crippen molar-refractivity contribution < 1.29 is 13.2 Å². The number of ether oxygens (including phenoxy) is 1. The van der Waals surface area contributed by atoms with Crippen molar-refractivity contribution in [3.05, 3.63) is 23.3 Å². The van der Waals surface area contributed by atoms with Crippen LogP contribution in [0.4, 0.5) is 0 Å². The predicted octanol–water partition coefficient (Wildman–Crippen LogP) is 1.85. The molecule has 124 valence electrons. The van der Waals surface area contributed by atoms with Crippen molar-refractivity contribution in [2.75, 3.05) is 20.2 Å². The van der Waals surface area contributed by atoms with E-state index in [2.05, 4.69) is 9.97 Å². The van der Waals surface area contributed by atoms with Crippen molar-refractivity contribution >= 4 is 10.0 Å². The van der Waals surface area contributed by atoms with Gasteiger partial charge in [-0.15, -0.1) is 0 Å². The molecule has 1 aromatic rings. The normalized spacial score (nSPS) is 20.5. The molecule has 0 radical (unpaired) electrons. The summed E-state index contributed by atoms with van der Waals surface area (Å²) in [5.41, 5.74) is 1.87. The number of sulfonamides is 1. The molecule has 1 fully saturated rings. The molecule has 1 unspecified atom stereocenters. The van der Waals surface area contributed by atoms with Crippen LogP contribution >= 0.6 is 0 Å². The van der Waals surface area contributed by atoms with E-state index in [1.54, 1.807) is 31.5 Å². The monoisotopic (exact) mass is 327 g/mol. The maximum Gasteiger partial charge on any atom is 0.216 e. The minimum absolute atomic E-state index is 0.106. The molecule has 6 nitrogen and oxygen atoms in total. The second-order valence-corrected chi connectivity index (χ2v) is 8.54. The van der Waals surface area contributed by atoms with Crippen LogP contribution in [0.3, 0.4) is 0 Å². The number of rotatable bonds is 5. The molecule has 1 atom stereocenters. The lowest BCUT2D eigenvalue weighted by Crippen LogP contribution is -2.42. The van der Waals surface area contributed by atoms with Gasteiger partial charge in [-0.2, -0.15) is 0 Å². The lowest BCUT2D eigenvalue weighted by Gasteiger charge is -2.33. The average Bonchev–Trinajstić information content (AvgIpc) is 2.49. The third-order valence-corrected chi connectivity index (χ3v) is 6.29. The Morgan fingerprint density at radius 1 is 1.45 bits per heavy atom. The molecule has 0 bridgehead atoms. The number of hydrogen-bond donors (Lipinski definition) is 0. The zero-order valence-corrected chi connectivity index (χ0v) is 14.6. The quantitative estimate of drug-likeness (QED) is 0.825. The van der Waals surface area contributed by atoms with Gasteiger partial charge < -0.3 is 4.74 Å². The Morgan fingerprint density at radius 3 is 2.82 bits per heavy atom. The molecule has 1 saturated heterocycles. The van der Waals surface area contributed by atoms with E-state index in [4.69, 9.17) is 4.74 Å².